The molecule has 1 aromatic carbocycles. The molecular formula is C18H24ClN3O3. The zero-order valence-corrected chi connectivity index (χ0v) is 15.4. The van der Waals surface area contributed by atoms with Gasteiger partial charge in [0.1, 0.15) is 0 Å². The van der Waals surface area contributed by atoms with Crippen LogP contribution in [-0.4, -0.2) is 63.2 Å². The van der Waals surface area contributed by atoms with Crippen LogP contribution in [0.2, 0.25) is 5.02 Å². The Morgan fingerprint density at radius 3 is 2.84 bits per heavy atom. The Morgan fingerprint density at radius 1 is 1.36 bits per heavy atom. The van der Waals surface area contributed by atoms with Crippen LogP contribution in [0.15, 0.2) is 18.2 Å². The second-order valence-corrected chi connectivity index (χ2v) is 7.26. The van der Waals surface area contributed by atoms with Crippen molar-refractivity contribution in [3.63, 3.8) is 0 Å². The normalized spacial score (nSPS) is 22.6. The van der Waals surface area contributed by atoms with E-state index in [-0.39, 0.29) is 23.8 Å². The third kappa shape index (κ3) is 4.14. The third-order valence-electron chi connectivity index (χ3n) is 4.76. The fraction of sp³-hybridized carbons (Fsp3) is 0.556. The summed E-state index contributed by atoms with van der Waals surface area (Å²) in [6.45, 7) is 2.52. The highest BCUT2D eigenvalue weighted by Gasteiger charge is 2.34. The second-order valence-electron chi connectivity index (χ2n) is 6.83. The van der Waals surface area contributed by atoms with Gasteiger partial charge in [0.25, 0.3) is 0 Å². The summed E-state index contributed by atoms with van der Waals surface area (Å²) in [5, 5.41) is 3.93. The molecule has 2 aliphatic rings. The number of benzene rings is 1. The van der Waals surface area contributed by atoms with Gasteiger partial charge < -0.3 is 19.9 Å². The molecule has 2 atom stereocenters. The van der Waals surface area contributed by atoms with E-state index >= 15 is 0 Å². The summed E-state index contributed by atoms with van der Waals surface area (Å²) in [6.07, 6.45) is 0.755. The fourth-order valence-corrected chi connectivity index (χ4v) is 3.57. The number of fused-ring (bicyclic) bond motifs is 1. The molecule has 2 aliphatic heterocycles. The van der Waals surface area contributed by atoms with Crippen molar-refractivity contribution in [3.8, 4) is 0 Å². The number of amides is 2. The number of anilines is 1. The number of rotatable bonds is 4. The number of carbonyl (C=O) groups is 2. The summed E-state index contributed by atoms with van der Waals surface area (Å²) in [5.41, 5.74) is 1.84. The molecule has 0 aliphatic carbocycles. The van der Waals surface area contributed by atoms with Gasteiger partial charge in [-0.05, 0) is 23.8 Å². The number of halogens is 1. The molecule has 3 rings (SSSR count). The molecule has 7 heteroatoms. The molecule has 0 aromatic heterocycles. The summed E-state index contributed by atoms with van der Waals surface area (Å²) in [7, 11) is 3.49. The highest BCUT2D eigenvalue weighted by atomic mass is 35.5. The van der Waals surface area contributed by atoms with Crippen LogP contribution in [-0.2, 0) is 14.3 Å². The largest absolute Gasteiger partial charge is 0.378 e. The van der Waals surface area contributed by atoms with E-state index in [1.807, 2.05) is 12.1 Å². The SMILES string of the molecule is CN(C)C(=O)CC1CN(C(=O)CC2COCCN2)c2ccc(Cl)cc21. The maximum atomic E-state index is 12.8. The zero-order chi connectivity index (χ0) is 18.0. The molecule has 2 heterocycles. The van der Waals surface area contributed by atoms with Gasteiger partial charge in [0.15, 0.2) is 0 Å². The van der Waals surface area contributed by atoms with Crippen LogP contribution >= 0.6 is 11.6 Å². The van der Waals surface area contributed by atoms with E-state index in [1.54, 1.807) is 30.0 Å². The molecule has 0 bridgehead atoms. The number of nitrogens with one attached hydrogen (secondary N) is 1. The standard InChI is InChI=1S/C18H24ClN3O3/c1-21(2)17(23)7-12-10-22(16-4-3-13(19)8-15(12)16)18(24)9-14-11-25-6-5-20-14/h3-4,8,12,14,20H,5-7,9-11H2,1-2H3. The number of hydrogen-bond acceptors (Lipinski definition) is 4. The highest BCUT2D eigenvalue weighted by Crippen LogP contribution is 2.40. The van der Waals surface area contributed by atoms with Gasteiger partial charge in [0.05, 0.1) is 13.2 Å². The molecule has 6 nitrogen and oxygen atoms in total. The second kappa shape index (κ2) is 7.72. The number of hydrogen-bond donors (Lipinski definition) is 1. The maximum Gasteiger partial charge on any atom is 0.228 e. The minimum atomic E-state index is -0.0249. The minimum absolute atomic E-state index is 0.0249. The van der Waals surface area contributed by atoms with Gasteiger partial charge in [0, 0.05) is 62.7 Å². The summed E-state index contributed by atoms with van der Waals surface area (Å²) < 4.78 is 5.43. The summed E-state index contributed by atoms with van der Waals surface area (Å²) >= 11 is 6.15. The molecular weight excluding hydrogens is 342 g/mol. The summed E-state index contributed by atoms with van der Waals surface area (Å²) in [6, 6.07) is 5.58. The fourth-order valence-electron chi connectivity index (χ4n) is 3.39. The predicted octanol–water partition coefficient (Wildman–Crippen LogP) is 1.63. The topological polar surface area (TPSA) is 61.9 Å². The number of ether oxygens (including phenoxy) is 1. The number of morpholine rings is 1. The van der Waals surface area contributed by atoms with E-state index in [2.05, 4.69) is 5.32 Å². The predicted molar refractivity (Wildman–Crippen MR) is 97.1 cm³/mol. The lowest BCUT2D eigenvalue weighted by molar-refractivity contribution is -0.129. The van der Waals surface area contributed by atoms with Gasteiger partial charge in [-0.3, -0.25) is 9.59 Å². The van der Waals surface area contributed by atoms with Gasteiger partial charge in [-0.15, -0.1) is 0 Å². The van der Waals surface area contributed by atoms with E-state index in [0.29, 0.717) is 37.6 Å². The lowest BCUT2D eigenvalue weighted by Crippen LogP contribution is -2.45. The molecule has 0 radical (unpaired) electrons. The third-order valence-corrected chi connectivity index (χ3v) is 5.00. The monoisotopic (exact) mass is 365 g/mol. The summed E-state index contributed by atoms with van der Waals surface area (Å²) in [5.74, 6) is 0.0714. The van der Waals surface area contributed by atoms with Crippen molar-refractivity contribution >= 4 is 29.1 Å². The van der Waals surface area contributed by atoms with E-state index in [0.717, 1.165) is 17.8 Å². The van der Waals surface area contributed by atoms with Crippen molar-refractivity contribution in [1.82, 2.24) is 10.2 Å². The van der Waals surface area contributed by atoms with E-state index < -0.39 is 0 Å². The van der Waals surface area contributed by atoms with E-state index in [1.165, 1.54) is 0 Å². The maximum absolute atomic E-state index is 12.8. The Morgan fingerprint density at radius 2 is 2.16 bits per heavy atom. The van der Waals surface area contributed by atoms with Crippen LogP contribution in [0.4, 0.5) is 5.69 Å². The van der Waals surface area contributed by atoms with Gasteiger partial charge >= 0.3 is 0 Å². The van der Waals surface area contributed by atoms with Crippen LogP contribution in [0, 0.1) is 0 Å². The molecule has 0 saturated carbocycles. The molecule has 1 N–H and O–H groups in total. The molecule has 1 saturated heterocycles. The Labute approximate surface area is 153 Å². The first-order chi connectivity index (χ1) is 12.0. The Kier molecular flexibility index (Phi) is 5.61. The molecule has 0 spiro atoms. The molecule has 2 amide bonds. The average Bonchev–Trinajstić information content (AvgIpc) is 2.93. The van der Waals surface area contributed by atoms with Crippen LogP contribution in [0.3, 0.4) is 0 Å². The Hall–Kier alpha value is -1.63. The van der Waals surface area contributed by atoms with Gasteiger partial charge in [-0.1, -0.05) is 11.6 Å². The van der Waals surface area contributed by atoms with Crippen molar-refractivity contribution in [2.24, 2.45) is 0 Å². The first-order valence-electron chi connectivity index (χ1n) is 8.57. The first kappa shape index (κ1) is 18.2. The number of nitrogens with zero attached hydrogens (tertiary/aromatic N) is 2. The average molecular weight is 366 g/mol. The van der Waals surface area contributed by atoms with Crippen LogP contribution < -0.4 is 10.2 Å². The molecule has 1 aromatic rings. The van der Waals surface area contributed by atoms with Gasteiger partial charge in [-0.2, -0.15) is 0 Å². The number of carbonyl (C=O) groups excluding carboxylic acids is 2. The quantitative estimate of drug-likeness (QED) is 0.881. The van der Waals surface area contributed by atoms with Crippen molar-refractivity contribution < 1.29 is 14.3 Å². The Bertz CT molecular complexity index is 659. The van der Waals surface area contributed by atoms with Gasteiger partial charge in [0.2, 0.25) is 11.8 Å². The van der Waals surface area contributed by atoms with Crippen LogP contribution in [0.25, 0.3) is 0 Å². The van der Waals surface area contributed by atoms with E-state index in [9.17, 15) is 9.59 Å². The molecule has 2 unspecified atom stereocenters. The van der Waals surface area contributed by atoms with Crippen LogP contribution in [0.1, 0.15) is 24.3 Å². The van der Waals surface area contributed by atoms with Gasteiger partial charge in [-0.25, -0.2) is 0 Å². The lowest BCUT2D eigenvalue weighted by Gasteiger charge is -2.26. The first-order valence-corrected chi connectivity index (χ1v) is 8.94. The van der Waals surface area contributed by atoms with Crippen molar-refractivity contribution in [2.75, 3.05) is 45.3 Å². The summed E-state index contributed by atoms with van der Waals surface area (Å²) in [4.78, 5) is 28.3. The van der Waals surface area contributed by atoms with Crippen molar-refractivity contribution in [3.05, 3.63) is 28.8 Å². The van der Waals surface area contributed by atoms with Crippen molar-refractivity contribution in [2.45, 2.75) is 24.8 Å². The Balaban J connectivity index is 1.77. The zero-order valence-electron chi connectivity index (χ0n) is 14.6. The van der Waals surface area contributed by atoms with E-state index in [4.69, 9.17) is 16.3 Å². The smallest absolute Gasteiger partial charge is 0.228 e. The van der Waals surface area contributed by atoms with Crippen molar-refractivity contribution in [1.29, 1.82) is 0 Å². The van der Waals surface area contributed by atoms with Crippen LogP contribution in [0.5, 0.6) is 0 Å². The molecule has 25 heavy (non-hydrogen) atoms. The highest BCUT2D eigenvalue weighted by molar-refractivity contribution is 6.30. The minimum Gasteiger partial charge on any atom is -0.378 e. The molecule has 1 fully saturated rings. The lowest BCUT2D eigenvalue weighted by atomic mass is 9.97. The molecule has 136 valence electrons.